The Labute approximate surface area is 71.8 Å². The Kier molecular flexibility index (Phi) is 2.43. The average molecular weight is 178 g/mol. The lowest BCUT2D eigenvalue weighted by Gasteiger charge is -2.39. The van der Waals surface area contributed by atoms with Crippen molar-refractivity contribution in [2.45, 2.75) is 51.1 Å². The Morgan fingerprint density at radius 2 is 2.00 bits per heavy atom. The summed E-state index contributed by atoms with van der Waals surface area (Å²) in [6.45, 7) is 3.53. The molecule has 0 saturated heterocycles. The number of aliphatic hydroxyl groups is 1. The predicted octanol–water partition coefficient (Wildman–Crippen LogP) is 2.58. The Hall–Kier alpha value is -0.180. The van der Waals surface area contributed by atoms with Gasteiger partial charge in [-0.3, -0.25) is 0 Å². The molecule has 1 aliphatic rings. The summed E-state index contributed by atoms with van der Waals surface area (Å²) in [7, 11) is 0. The molecule has 0 spiro atoms. The molecule has 1 nitrogen and oxygen atoms in total. The fraction of sp³-hybridized carbons (Fsp3) is 1.00. The molecule has 0 aromatic carbocycles. The molecule has 0 aromatic heterocycles. The van der Waals surface area contributed by atoms with E-state index in [2.05, 4.69) is 0 Å². The van der Waals surface area contributed by atoms with Crippen LogP contribution in [0.5, 0.6) is 0 Å². The first-order chi connectivity index (χ1) is 5.37. The van der Waals surface area contributed by atoms with Gasteiger partial charge in [-0.05, 0) is 18.8 Å². The third kappa shape index (κ3) is 2.16. The molecular weight excluding hydrogens is 162 g/mol. The lowest BCUT2D eigenvalue weighted by molar-refractivity contribution is -0.140. The SMILES string of the molecule is CCC1(O)CC(C)CC(F)(F)C1. The van der Waals surface area contributed by atoms with Crippen LogP contribution < -0.4 is 0 Å². The van der Waals surface area contributed by atoms with E-state index in [0.29, 0.717) is 12.8 Å². The van der Waals surface area contributed by atoms with Crippen LogP contribution >= 0.6 is 0 Å². The van der Waals surface area contributed by atoms with Crippen LogP contribution in [-0.2, 0) is 0 Å². The number of hydrogen-bond acceptors (Lipinski definition) is 1. The van der Waals surface area contributed by atoms with E-state index < -0.39 is 11.5 Å². The normalized spacial score (nSPS) is 41.2. The highest BCUT2D eigenvalue weighted by molar-refractivity contribution is 4.91. The molecular formula is C9H16F2O. The Morgan fingerprint density at radius 1 is 1.42 bits per heavy atom. The fourth-order valence-corrected chi connectivity index (χ4v) is 2.13. The summed E-state index contributed by atoms with van der Waals surface area (Å²) in [5.74, 6) is -2.73. The summed E-state index contributed by atoms with van der Waals surface area (Å²) in [6, 6.07) is 0. The maximum atomic E-state index is 13.0. The quantitative estimate of drug-likeness (QED) is 0.654. The van der Waals surface area contributed by atoms with E-state index in [1.54, 1.807) is 13.8 Å². The van der Waals surface area contributed by atoms with E-state index in [-0.39, 0.29) is 18.8 Å². The minimum absolute atomic E-state index is 0.0706. The fourth-order valence-electron chi connectivity index (χ4n) is 2.13. The second-order valence-electron chi connectivity index (χ2n) is 4.12. The van der Waals surface area contributed by atoms with Gasteiger partial charge in [-0.1, -0.05) is 13.8 Å². The van der Waals surface area contributed by atoms with E-state index in [4.69, 9.17) is 0 Å². The molecule has 0 radical (unpaired) electrons. The van der Waals surface area contributed by atoms with Crippen molar-refractivity contribution in [3.05, 3.63) is 0 Å². The van der Waals surface area contributed by atoms with Crippen LogP contribution in [0, 0.1) is 5.92 Å². The number of rotatable bonds is 1. The second-order valence-corrected chi connectivity index (χ2v) is 4.12. The monoisotopic (exact) mass is 178 g/mol. The second kappa shape index (κ2) is 2.95. The standard InChI is InChI=1S/C9H16F2O/c1-3-8(12)4-7(2)5-9(10,11)6-8/h7,12H,3-6H2,1-2H3. The van der Waals surface area contributed by atoms with Crippen LogP contribution in [0.2, 0.25) is 0 Å². The lowest BCUT2D eigenvalue weighted by Crippen LogP contribution is -2.43. The van der Waals surface area contributed by atoms with Crippen LogP contribution in [0.15, 0.2) is 0 Å². The van der Waals surface area contributed by atoms with Crippen molar-refractivity contribution in [2.24, 2.45) is 5.92 Å². The van der Waals surface area contributed by atoms with Crippen molar-refractivity contribution in [3.8, 4) is 0 Å². The molecule has 2 unspecified atom stereocenters. The van der Waals surface area contributed by atoms with Crippen molar-refractivity contribution in [1.29, 1.82) is 0 Å². The summed E-state index contributed by atoms with van der Waals surface area (Å²) in [5, 5.41) is 9.71. The molecule has 1 rings (SSSR count). The number of halogens is 2. The zero-order valence-electron chi connectivity index (χ0n) is 7.61. The molecule has 12 heavy (non-hydrogen) atoms. The summed E-state index contributed by atoms with van der Waals surface area (Å²) in [5.41, 5.74) is -1.12. The van der Waals surface area contributed by atoms with Gasteiger partial charge in [0.05, 0.1) is 5.60 Å². The summed E-state index contributed by atoms with van der Waals surface area (Å²) in [6.07, 6.45) is 0.502. The van der Waals surface area contributed by atoms with Crippen molar-refractivity contribution in [2.75, 3.05) is 0 Å². The first kappa shape index (κ1) is 9.90. The van der Waals surface area contributed by atoms with Crippen LogP contribution in [0.25, 0.3) is 0 Å². The van der Waals surface area contributed by atoms with Crippen LogP contribution in [0.4, 0.5) is 8.78 Å². The Morgan fingerprint density at radius 3 is 2.42 bits per heavy atom. The molecule has 0 aromatic rings. The van der Waals surface area contributed by atoms with Crippen molar-refractivity contribution < 1.29 is 13.9 Å². The van der Waals surface area contributed by atoms with E-state index >= 15 is 0 Å². The van der Waals surface area contributed by atoms with E-state index in [9.17, 15) is 13.9 Å². The Bertz CT molecular complexity index is 170. The van der Waals surface area contributed by atoms with Gasteiger partial charge in [0.1, 0.15) is 0 Å². The Balaban J connectivity index is 2.70. The van der Waals surface area contributed by atoms with Gasteiger partial charge in [-0.25, -0.2) is 8.78 Å². The minimum atomic E-state index is -2.66. The van der Waals surface area contributed by atoms with E-state index in [1.807, 2.05) is 0 Å². The van der Waals surface area contributed by atoms with Crippen molar-refractivity contribution >= 4 is 0 Å². The first-order valence-corrected chi connectivity index (χ1v) is 4.47. The lowest BCUT2D eigenvalue weighted by atomic mass is 9.75. The largest absolute Gasteiger partial charge is 0.390 e. The van der Waals surface area contributed by atoms with Gasteiger partial charge < -0.3 is 5.11 Å². The summed E-state index contributed by atoms with van der Waals surface area (Å²) >= 11 is 0. The molecule has 0 aliphatic heterocycles. The number of alkyl halides is 2. The first-order valence-electron chi connectivity index (χ1n) is 4.47. The van der Waals surface area contributed by atoms with Crippen LogP contribution in [0.1, 0.15) is 39.5 Å². The molecule has 0 bridgehead atoms. The van der Waals surface area contributed by atoms with Crippen molar-refractivity contribution in [1.82, 2.24) is 0 Å². The maximum Gasteiger partial charge on any atom is 0.251 e. The molecule has 0 amide bonds. The van der Waals surface area contributed by atoms with E-state index in [0.717, 1.165) is 0 Å². The van der Waals surface area contributed by atoms with Gasteiger partial charge in [0.2, 0.25) is 0 Å². The number of hydrogen-bond donors (Lipinski definition) is 1. The molecule has 0 heterocycles. The zero-order chi connectivity index (χ0) is 9.41. The molecule has 1 N–H and O–H groups in total. The third-order valence-corrected chi connectivity index (χ3v) is 2.62. The summed E-state index contributed by atoms with van der Waals surface area (Å²) in [4.78, 5) is 0. The van der Waals surface area contributed by atoms with Gasteiger partial charge in [0.15, 0.2) is 0 Å². The van der Waals surface area contributed by atoms with Gasteiger partial charge in [0, 0.05) is 12.8 Å². The molecule has 2 atom stereocenters. The third-order valence-electron chi connectivity index (χ3n) is 2.62. The molecule has 1 saturated carbocycles. The summed E-state index contributed by atoms with van der Waals surface area (Å²) < 4.78 is 26.0. The molecule has 1 fully saturated rings. The van der Waals surface area contributed by atoms with E-state index in [1.165, 1.54) is 0 Å². The highest BCUT2D eigenvalue weighted by Crippen LogP contribution is 2.43. The smallest absolute Gasteiger partial charge is 0.251 e. The van der Waals surface area contributed by atoms with Crippen molar-refractivity contribution in [3.63, 3.8) is 0 Å². The average Bonchev–Trinajstić information content (AvgIpc) is 1.82. The molecule has 72 valence electrons. The zero-order valence-corrected chi connectivity index (χ0v) is 7.61. The molecule has 3 heteroatoms. The van der Waals surface area contributed by atoms with Gasteiger partial charge >= 0.3 is 0 Å². The van der Waals surface area contributed by atoms with Gasteiger partial charge in [0.25, 0.3) is 5.92 Å². The predicted molar refractivity (Wildman–Crippen MR) is 43.2 cm³/mol. The van der Waals surface area contributed by atoms with Gasteiger partial charge in [-0.2, -0.15) is 0 Å². The maximum absolute atomic E-state index is 13.0. The minimum Gasteiger partial charge on any atom is -0.390 e. The molecule has 1 aliphatic carbocycles. The highest BCUT2D eigenvalue weighted by atomic mass is 19.3. The van der Waals surface area contributed by atoms with Crippen LogP contribution in [-0.4, -0.2) is 16.6 Å². The highest BCUT2D eigenvalue weighted by Gasteiger charge is 2.46. The van der Waals surface area contributed by atoms with Gasteiger partial charge in [-0.15, -0.1) is 0 Å². The topological polar surface area (TPSA) is 20.2 Å². The van der Waals surface area contributed by atoms with Crippen LogP contribution in [0.3, 0.4) is 0 Å².